The smallest absolute Gasteiger partial charge is 0.196 e. The Labute approximate surface area is 126 Å². The molecule has 21 heavy (non-hydrogen) atoms. The van der Waals surface area contributed by atoms with Crippen LogP contribution in [0.1, 0.15) is 30.8 Å². The fourth-order valence-corrected chi connectivity index (χ4v) is 3.20. The number of hydrogen-bond donors (Lipinski definition) is 2. The summed E-state index contributed by atoms with van der Waals surface area (Å²) in [4.78, 5) is 5.01. The molecule has 2 aromatic rings. The lowest BCUT2D eigenvalue weighted by molar-refractivity contribution is 0.318. The van der Waals surface area contributed by atoms with E-state index in [-0.39, 0.29) is 5.84 Å². The van der Waals surface area contributed by atoms with Crippen molar-refractivity contribution in [2.45, 2.75) is 42.3 Å². The first-order chi connectivity index (χ1) is 10.3. The molecule has 2 aromatic heterocycles. The van der Waals surface area contributed by atoms with E-state index in [4.69, 9.17) is 10.9 Å². The molecule has 0 amide bonds. The van der Waals surface area contributed by atoms with E-state index >= 15 is 0 Å². The van der Waals surface area contributed by atoms with E-state index in [0.717, 1.165) is 35.3 Å². The predicted molar refractivity (Wildman–Crippen MR) is 78.4 cm³/mol. The van der Waals surface area contributed by atoms with Gasteiger partial charge in [0.15, 0.2) is 11.0 Å². The summed E-state index contributed by atoms with van der Waals surface area (Å²) >= 11 is 1.52. The number of hydrogen-bond acceptors (Lipinski definition) is 6. The van der Waals surface area contributed by atoms with Gasteiger partial charge in [-0.25, -0.2) is 0 Å². The molecule has 8 heteroatoms. The Balaban J connectivity index is 1.86. The van der Waals surface area contributed by atoms with Crippen LogP contribution in [-0.2, 0) is 13.0 Å². The van der Waals surface area contributed by atoms with Gasteiger partial charge in [0.1, 0.15) is 11.5 Å². The maximum atomic E-state index is 8.71. The van der Waals surface area contributed by atoms with Crippen molar-refractivity contribution in [1.29, 1.82) is 0 Å². The summed E-state index contributed by atoms with van der Waals surface area (Å²) in [7, 11) is 0. The largest absolute Gasteiger partial charge is 0.409 e. The summed E-state index contributed by atoms with van der Waals surface area (Å²) in [6.45, 7) is 0.961. The third kappa shape index (κ3) is 2.99. The number of rotatable bonds is 3. The van der Waals surface area contributed by atoms with Crippen molar-refractivity contribution < 1.29 is 5.21 Å². The maximum Gasteiger partial charge on any atom is 0.196 e. The number of pyridine rings is 1. The average molecular weight is 304 g/mol. The molecule has 1 aliphatic rings. The Bertz CT molecular complexity index is 668. The molecule has 0 saturated carbocycles. The fourth-order valence-electron chi connectivity index (χ4n) is 2.31. The number of aryl methyl sites for hydroxylation is 1. The van der Waals surface area contributed by atoms with Crippen LogP contribution in [-0.4, -0.2) is 30.8 Å². The van der Waals surface area contributed by atoms with Crippen molar-refractivity contribution in [3.63, 3.8) is 0 Å². The summed E-state index contributed by atoms with van der Waals surface area (Å²) in [5.41, 5.74) is 6.01. The molecule has 110 valence electrons. The van der Waals surface area contributed by atoms with E-state index < -0.39 is 0 Å². The van der Waals surface area contributed by atoms with Crippen molar-refractivity contribution in [2.24, 2.45) is 10.9 Å². The van der Waals surface area contributed by atoms with Crippen molar-refractivity contribution in [3.8, 4) is 0 Å². The van der Waals surface area contributed by atoms with Gasteiger partial charge in [-0.1, -0.05) is 11.6 Å². The molecule has 0 aromatic carbocycles. The number of nitrogens with zero attached hydrogens (tertiary/aromatic N) is 5. The van der Waals surface area contributed by atoms with Crippen LogP contribution in [0.15, 0.2) is 33.5 Å². The van der Waals surface area contributed by atoms with Gasteiger partial charge < -0.3 is 15.5 Å². The van der Waals surface area contributed by atoms with Crippen molar-refractivity contribution in [1.82, 2.24) is 19.7 Å². The zero-order valence-corrected chi connectivity index (χ0v) is 12.3. The van der Waals surface area contributed by atoms with E-state index in [0.29, 0.717) is 5.69 Å². The lowest BCUT2D eigenvalue weighted by Gasteiger charge is -2.06. The van der Waals surface area contributed by atoms with E-state index in [1.807, 2.05) is 6.07 Å². The highest BCUT2D eigenvalue weighted by atomic mass is 32.2. The maximum absolute atomic E-state index is 8.71. The van der Waals surface area contributed by atoms with Crippen LogP contribution < -0.4 is 5.73 Å². The van der Waals surface area contributed by atoms with Gasteiger partial charge in [0, 0.05) is 24.1 Å². The zero-order valence-electron chi connectivity index (χ0n) is 11.4. The molecule has 0 saturated heterocycles. The summed E-state index contributed by atoms with van der Waals surface area (Å²) in [6, 6.07) is 3.65. The number of oxime groups is 1. The third-order valence-electron chi connectivity index (χ3n) is 3.39. The summed E-state index contributed by atoms with van der Waals surface area (Å²) < 4.78 is 2.18. The minimum atomic E-state index is -0.00229. The quantitative estimate of drug-likeness (QED) is 0.387. The molecule has 0 atom stereocenters. The molecule has 0 fully saturated rings. The van der Waals surface area contributed by atoms with Crippen LogP contribution in [0.2, 0.25) is 0 Å². The lowest BCUT2D eigenvalue weighted by atomic mass is 10.2. The van der Waals surface area contributed by atoms with Crippen LogP contribution in [0.4, 0.5) is 0 Å². The van der Waals surface area contributed by atoms with Crippen molar-refractivity contribution >= 4 is 17.6 Å². The summed E-state index contributed by atoms with van der Waals surface area (Å²) in [6.07, 6.45) is 6.18. The zero-order chi connectivity index (χ0) is 14.7. The van der Waals surface area contributed by atoms with Crippen LogP contribution in [0, 0.1) is 0 Å². The molecule has 0 aliphatic carbocycles. The van der Waals surface area contributed by atoms with E-state index in [1.54, 1.807) is 12.3 Å². The molecule has 7 nitrogen and oxygen atoms in total. The second-order valence-corrected chi connectivity index (χ2v) is 5.87. The highest BCUT2D eigenvalue weighted by molar-refractivity contribution is 7.99. The van der Waals surface area contributed by atoms with Gasteiger partial charge in [-0.05, 0) is 36.7 Å². The number of aromatic nitrogens is 4. The average Bonchev–Trinajstić information content (AvgIpc) is 2.74. The molecule has 1 aliphatic heterocycles. The minimum absolute atomic E-state index is 0.00229. The molecule has 0 spiro atoms. The van der Waals surface area contributed by atoms with Gasteiger partial charge in [-0.15, -0.1) is 10.2 Å². The second-order valence-electron chi connectivity index (χ2n) is 4.83. The molecular formula is C13H16N6OS. The Morgan fingerprint density at radius 1 is 1.33 bits per heavy atom. The molecule has 3 N–H and O–H groups in total. The predicted octanol–water partition coefficient (Wildman–Crippen LogP) is 1.65. The van der Waals surface area contributed by atoms with Gasteiger partial charge in [-0.3, -0.25) is 4.98 Å². The molecule has 3 heterocycles. The highest BCUT2D eigenvalue weighted by Gasteiger charge is 2.16. The second kappa shape index (κ2) is 6.13. The fraction of sp³-hybridized carbons (Fsp3) is 0.385. The van der Waals surface area contributed by atoms with E-state index in [9.17, 15) is 0 Å². The normalized spacial score (nSPS) is 15.5. The SMILES string of the molecule is NC(=NO)c1cc(Sc2nnc3n2CCCCC3)ccn1. The Kier molecular flexibility index (Phi) is 4.05. The van der Waals surface area contributed by atoms with Gasteiger partial charge in [0.2, 0.25) is 0 Å². The molecule has 0 radical (unpaired) electrons. The number of amidine groups is 1. The number of fused-ring (bicyclic) bond motifs is 1. The monoisotopic (exact) mass is 304 g/mol. The first-order valence-corrected chi connectivity index (χ1v) is 7.63. The lowest BCUT2D eigenvalue weighted by Crippen LogP contribution is -2.14. The molecular weight excluding hydrogens is 288 g/mol. The summed E-state index contributed by atoms with van der Waals surface area (Å²) in [5, 5.41) is 21.1. The van der Waals surface area contributed by atoms with Crippen LogP contribution in [0.5, 0.6) is 0 Å². The van der Waals surface area contributed by atoms with Crippen molar-refractivity contribution in [3.05, 3.63) is 29.8 Å². The molecule has 3 rings (SSSR count). The Morgan fingerprint density at radius 2 is 2.24 bits per heavy atom. The van der Waals surface area contributed by atoms with Crippen LogP contribution in [0.25, 0.3) is 0 Å². The number of nitrogens with two attached hydrogens (primary N) is 1. The van der Waals surface area contributed by atoms with Gasteiger partial charge in [0.25, 0.3) is 0 Å². The Hall–Kier alpha value is -2.09. The Morgan fingerprint density at radius 3 is 3.10 bits per heavy atom. The van der Waals surface area contributed by atoms with Crippen LogP contribution in [0.3, 0.4) is 0 Å². The minimum Gasteiger partial charge on any atom is -0.409 e. The highest BCUT2D eigenvalue weighted by Crippen LogP contribution is 2.28. The van der Waals surface area contributed by atoms with Crippen molar-refractivity contribution in [2.75, 3.05) is 0 Å². The summed E-state index contributed by atoms with van der Waals surface area (Å²) in [5.74, 6) is 1.05. The van der Waals surface area contributed by atoms with Gasteiger partial charge in [0.05, 0.1) is 0 Å². The van der Waals surface area contributed by atoms with Gasteiger partial charge in [-0.2, -0.15) is 0 Å². The first-order valence-electron chi connectivity index (χ1n) is 6.82. The van der Waals surface area contributed by atoms with E-state index in [2.05, 4.69) is 24.9 Å². The third-order valence-corrected chi connectivity index (χ3v) is 4.36. The standard InChI is InChI=1S/C13H16N6OS/c14-12(18-20)10-8-9(5-6-15-10)21-13-17-16-11-4-2-1-3-7-19(11)13/h5-6,8,20H,1-4,7H2,(H2,14,18). The van der Waals surface area contributed by atoms with E-state index in [1.165, 1.54) is 24.6 Å². The van der Waals surface area contributed by atoms with Crippen LogP contribution >= 0.6 is 11.8 Å². The molecule has 0 bridgehead atoms. The first kappa shape index (κ1) is 13.9. The molecule has 0 unspecified atom stereocenters. The topological polar surface area (TPSA) is 102 Å². The van der Waals surface area contributed by atoms with Gasteiger partial charge >= 0.3 is 0 Å².